The van der Waals surface area contributed by atoms with Crippen LogP contribution in [0.3, 0.4) is 0 Å². The van der Waals surface area contributed by atoms with E-state index in [1.165, 1.54) is 0 Å². The summed E-state index contributed by atoms with van der Waals surface area (Å²) in [5.74, 6) is 1.97. The molecule has 2 fully saturated rings. The maximum Gasteiger partial charge on any atom is 0.222 e. The Kier molecular flexibility index (Phi) is 3.56. The average molecular weight is 363 g/mol. The highest BCUT2D eigenvalue weighted by atomic mass is 16.3. The van der Waals surface area contributed by atoms with E-state index in [-0.39, 0.29) is 17.6 Å². The summed E-state index contributed by atoms with van der Waals surface area (Å²) < 4.78 is 2.01. The molecule has 27 heavy (non-hydrogen) atoms. The average Bonchev–Trinajstić information content (AvgIpc) is 3.24. The highest BCUT2D eigenvalue weighted by Crippen LogP contribution is 2.38. The first-order valence-electron chi connectivity index (χ1n) is 9.33. The lowest BCUT2D eigenvalue weighted by Gasteiger charge is -2.34. The third-order valence-corrected chi connectivity index (χ3v) is 5.83. The standard InChI is InChI=1S/C20H21N5O2/c21-19-18-17(12-2-6-15(26)7-3-12)23-20(24(18)10-9-22-19)13-1-4-14-5-8-16(27)25(14)11-13/h2-3,6-7,9-10,13-14,26H,1,4-5,8,11H2,(H2,21,22)/t13-,14+/m1/s1. The number of aromatic hydroxyl groups is 1. The summed E-state index contributed by atoms with van der Waals surface area (Å²) in [5, 5.41) is 9.59. The van der Waals surface area contributed by atoms with Gasteiger partial charge in [0.15, 0.2) is 0 Å². The maximum absolute atomic E-state index is 12.2. The van der Waals surface area contributed by atoms with Gasteiger partial charge in [0, 0.05) is 42.9 Å². The van der Waals surface area contributed by atoms with Crippen molar-refractivity contribution in [1.29, 1.82) is 0 Å². The van der Waals surface area contributed by atoms with Crippen LogP contribution in [0.1, 0.15) is 37.4 Å². The molecular weight excluding hydrogens is 342 g/mol. The van der Waals surface area contributed by atoms with Crippen LogP contribution < -0.4 is 5.73 Å². The number of nitrogens with zero attached hydrogens (tertiary/aromatic N) is 4. The van der Waals surface area contributed by atoms with Crippen LogP contribution in [0.15, 0.2) is 36.7 Å². The van der Waals surface area contributed by atoms with Crippen LogP contribution in [0.25, 0.3) is 16.8 Å². The fraction of sp³-hybridized carbons (Fsp3) is 0.350. The monoisotopic (exact) mass is 363 g/mol. The SMILES string of the molecule is Nc1nccn2c([C@@H]3CC[C@H]4CCC(=O)N4C3)nc(-c3ccc(O)cc3)c12. The molecule has 2 atom stereocenters. The molecule has 7 nitrogen and oxygen atoms in total. The number of hydrogen-bond donors (Lipinski definition) is 2. The van der Waals surface area contributed by atoms with Gasteiger partial charge in [0.25, 0.3) is 0 Å². The number of piperidine rings is 1. The van der Waals surface area contributed by atoms with Gasteiger partial charge in [-0.25, -0.2) is 9.97 Å². The number of anilines is 1. The number of fused-ring (bicyclic) bond motifs is 2. The Labute approximate surface area is 156 Å². The van der Waals surface area contributed by atoms with Crippen molar-refractivity contribution in [3.05, 3.63) is 42.5 Å². The van der Waals surface area contributed by atoms with Crippen molar-refractivity contribution >= 4 is 17.2 Å². The van der Waals surface area contributed by atoms with Crippen LogP contribution in [0.5, 0.6) is 5.75 Å². The zero-order valence-electron chi connectivity index (χ0n) is 14.9. The number of aromatic nitrogens is 3. The molecule has 7 heteroatoms. The van der Waals surface area contributed by atoms with Crippen molar-refractivity contribution in [2.45, 2.75) is 37.6 Å². The smallest absolute Gasteiger partial charge is 0.222 e. The quantitative estimate of drug-likeness (QED) is 0.729. The van der Waals surface area contributed by atoms with Gasteiger partial charge in [-0.3, -0.25) is 9.20 Å². The third kappa shape index (κ3) is 2.53. The van der Waals surface area contributed by atoms with Crippen LogP contribution in [0.2, 0.25) is 0 Å². The van der Waals surface area contributed by atoms with Gasteiger partial charge in [-0.1, -0.05) is 0 Å². The van der Waals surface area contributed by atoms with E-state index in [2.05, 4.69) is 4.98 Å². The number of imidazole rings is 1. The van der Waals surface area contributed by atoms with Crippen LogP contribution in [-0.2, 0) is 4.79 Å². The van der Waals surface area contributed by atoms with Gasteiger partial charge in [-0.2, -0.15) is 0 Å². The molecule has 3 N–H and O–H groups in total. The molecule has 5 rings (SSSR count). The number of carbonyl (C=O) groups excluding carboxylic acids is 1. The normalized spacial score (nSPS) is 22.4. The second kappa shape index (κ2) is 5.97. The van der Waals surface area contributed by atoms with Crippen molar-refractivity contribution in [3.8, 4) is 17.0 Å². The number of nitrogens with two attached hydrogens (primary N) is 1. The van der Waals surface area contributed by atoms with Crippen molar-refractivity contribution in [1.82, 2.24) is 19.3 Å². The first kappa shape index (κ1) is 16.1. The molecule has 1 aromatic carbocycles. The van der Waals surface area contributed by atoms with Gasteiger partial charge in [-0.05, 0) is 43.5 Å². The Balaban J connectivity index is 1.62. The summed E-state index contributed by atoms with van der Waals surface area (Å²) in [6.07, 6.45) is 7.22. The fourth-order valence-electron chi connectivity index (χ4n) is 4.47. The number of amides is 1. The van der Waals surface area contributed by atoms with Gasteiger partial charge in [0.1, 0.15) is 28.6 Å². The van der Waals surface area contributed by atoms with Crippen molar-refractivity contribution in [2.75, 3.05) is 12.3 Å². The van der Waals surface area contributed by atoms with Gasteiger partial charge < -0.3 is 15.7 Å². The fourth-order valence-corrected chi connectivity index (χ4v) is 4.47. The van der Waals surface area contributed by atoms with E-state index in [4.69, 9.17) is 10.7 Å². The topological polar surface area (TPSA) is 96.8 Å². The molecule has 1 amide bonds. The molecule has 2 aromatic heterocycles. The Morgan fingerprint density at radius 3 is 2.78 bits per heavy atom. The lowest BCUT2D eigenvalue weighted by molar-refractivity contribution is -0.130. The minimum atomic E-state index is 0.170. The van der Waals surface area contributed by atoms with Gasteiger partial charge >= 0.3 is 0 Å². The first-order chi connectivity index (χ1) is 13.1. The number of benzene rings is 1. The van der Waals surface area contributed by atoms with E-state index in [0.717, 1.165) is 41.9 Å². The van der Waals surface area contributed by atoms with Crippen LogP contribution in [0.4, 0.5) is 5.82 Å². The Morgan fingerprint density at radius 2 is 1.96 bits per heavy atom. The number of carbonyl (C=O) groups is 1. The Hall–Kier alpha value is -3.09. The molecule has 2 saturated heterocycles. The first-order valence-corrected chi connectivity index (χ1v) is 9.33. The van der Waals surface area contributed by atoms with E-state index < -0.39 is 0 Å². The highest BCUT2D eigenvalue weighted by Gasteiger charge is 2.38. The van der Waals surface area contributed by atoms with E-state index in [9.17, 15) is 9.90 Å². The summed E-state index contributed by atoms with van der Waals surface area (Å²) >= 11 is 0. The van der Waals surface area contributed by atoms with E-state index >= 15 is 0 Å². The molecule has 0 aliphatic carbocycles. The molecule has 0 spiro atoms. The van der Waals surface area contributed by atoms with Gasteiger partial charge in [0.05, 0.1) is 0 Å². The Bertz CT molecular complexity index is 1030. The Morgan fingerprint density at radius 1 is 1.15 bits per heavy atom. The number of nitrogen functional groups attached to an aromatic ring is 1. The molecule has 0 bridgehead atoms. The summed E-state index contributed by atoms with van der Waals surface area (Å²) in [6, 6.07) is 7.33. The summed E-state index contributed by atoms with van der Waals surface area (Å²) in [7, 11) is 0. The van der Waals surface area contributed by atoms with Crippen molar-refractivity contribution in [3.63, 3.8) is 0 Å². The van der Waals surface area contributed by atoms with E-state index in [0.29, 0.717) is 24.8 Å². The van der Waals surface area contributed by atoms with Gasteiger partial charge in [-0.15, -0.1) is 0 Å². The van der Waals surface area contributed by atoms with E-state index in [1.807, 2.05) is 27.6 Å². The molecule has 0 unspecified atom stereocenters. The molecule has 0 saturated carbocycles. The molecular formula is C20H21N5O2. The molecule has 2 aliphatic heterocycles. The zero-order chi connectivity index (χ0) is 18.5. The number of rotatable bonds is 2. The zero-order valence-corrected chi connectivity index (χ0v) is 14.9. The summed E-state index contributed by atoms with van der Waals surface area (Å²) in [6.45, 7) is 0.708. The molecule has 138 valence electrons. The van der Waals surface area contributed by atoms with E-state index in [1.54, 1.807) is 18.3 Å². The van der Waals surface area contributed by atoms with Gasteiger partial charge in [0.2, 0.25) is 5.91 Å². The van der Waals surface area contributed by atoms with Crippen molar-refractivity contribution in [2.24, 2.45) is 0 Å². The van der Waals surface area contributed by atoms with Crippen LogP contribution in [-0.4, -0.2) is 42.9 Å². The molecule has 0 radical (unpaired) electrons. The predicted octanol–water partition coefficient (Wildman–Crippen LogP) is 2.55. The number of hydrogen-bond acceptors (Lipinski definition) is 5. The number of phenols is 1. The second-order valence-corrected chi connectivity index (χ2v) is 7.41. The minimum absolute atomic E-state index is 0.170. The van der Waals surface area contributed by atoms with Crippen molar-refractivity contribution < 1.29 is 9.90 Å². The molecule has 2 aliphatic rings. The summed E-state index contributed by atoms with van der Waals surface area (Å²) in [4.78, 5) is 23.4. The molecule has 3 aromatic rings. The minimum Gasteiger partial charge on any atom is -0.508 e. The molecule has 4 heterocycles. The lowest BCUT2D eigenvalue weighted by Crippen LogP contribution is -2.41. The summed E-state index contributed by atoms with van der Waals surface area (Å²) in [5.41, 5.74) is 8.59. The van der Waals surface area contributed by atoms with Crippen LogP contribution in [0, 0.1) is 0 Å². The number of phenolic OH excluding ortho intramolecular Hbond substituents is 1. The highest BCUT2D eigenvalue weighted by molar-refractivity contribution is 5.85. The maximum atomic E-state index is 12.2. The van der Waals surface area contributed by atoms with Crippen LogP contribution >= 0.6 is 0 Å². The third-order valence-electron chi connectivity index (χ3n) is 5.83. The second-order valence-electron chi connectivity index (χ2n) is 7.41. The largest absolute Gasteiger partial charge is 0.508 e. The lowest BCUT2D eigenvalue weighted by atomic mass is 9.92. The predicted molar refractivity (Wildman–Crippen MR) is 101 cm³/mol.